The van der Waals surface area contributed by atoms with Gasteiger partial charge in [0.25, 0.3) is 0 Å². The minimum Gasteiger partial charge on any atom is -0.406 e. The second-order valence-electron chi connectivity index (χ2n) is 6.57. The lowest BCUT2D eigenvalue weighted by atomic mass is 9.90. The van der Waals surface area contributed by atoms with E-state index in [-0.39, 0.29) is 18.1 Å². The van der Waals surface area contributed by atoms with E-state index in [9.17, 15) is 27.6 Å². The zero-order valence-electron chi connectivity index (χ0n) is 14.2. The summed E-state index contributed by atoms with van der Waals surface area (Å²) in [5, 5.41) is 0. The van der Waals surface area contributed by atoms with Crippen molar-refractivity contribution in [3.63, 3.8) is 0 Å². The highest BCUT2D eigenvalue weighted by atomic mass is 19.4. The van der Waals surface area contributed by atoms with Crippen LogP contribution in [0.3, 0.4) is 0 Å². The maximum Gasteiger partial charge on any atom is 0.573 e. The van der Waals surface area contributed by atoms with Crippen LogP contribution >= 0.6 is 0 Å². The monoisotopic (exact) mass is 385 g/mol. The molecule has 0 bridgehead atoms. The number of hydrogen-bond acceptors (Lipinski definition) is 4. The molecule has 2 N–H and O–H groups in total. The van der Waals surface area contributed by atoms with Crippen molar-refractivity contribution in [1.29, 1.82) is 0 Å². The van der Waals surface area contributed by atoms with Gasteiger partial charge in [-0.15, -0.1) is 13.2 Å². The zero-order valence-corrected chi connectivity index (χ0v) is 14.2. The first-order valence-corrected chi connectivity index (χ1v) is 8.41. The number of β-lactam (4-membered cyclic amide) rings is 1. The van der Waals surface area contributed by atoms with Crippen molar-refractivity contribution < 1.29 is 32.3 Å². The molecule has 0 radical (unpaired) electrons. The fraction of sp³-hybridized carbons (Fsp3) is 0.471. The Morgan fingerprint density at radius 3 is 2.41 bits per heavy atom. The Kier molecular flexibility index (Phi) is 4.99. The van der Waals surface area contributed by atoms with Crippen molar-refractivity contribution in [3.8, 4) is 5.75 Å². The predicted molar refractivity (Wildman–Crippen MR) is 86.5 cm³/mol. The summed E-state index contributed by atoms with van der Waals surface area (Å²) in [5.74, 6) is -1.58. The van der Waals surface area contributed by atoms with Gasteiger partial charge in [0.05, 0.1) is 6.42 Å². The van der Waals surface area contributed by atoms with Gasteiger partial charge in [-0.05, 0) is 30.5 Å². The van der Waals surface area contributed by atoms with Crippen molar-refractivity contribution >= 4 is 17.8 Å². The van der Waals surface area contributed by atoms with E-state index >= 15 is 0 Å². The molecule has 1 aromatic rings. The van der Waals surface area contributed by atoms with Crippen molar-refractivity contribution in [2.24, 2.45) is 5.73 Å². The standard InChI is InChI=1S/C17H18F3N3O4/c18-17(19,20)27-12-5-3-10(4-6-12)11-2-1-7-22(9-11)16(26)23-13(15(21)25)8-14(23)24/h3-6,11,13H,1-2,7-9H2,(H2,21,25)/t11?,13-/m0/s1. The summed E-state index contributed by atoms with van der Waals surface area (Å²) in [5.41, 5.74) is 5.97. The van der Waals surface area contributed by atoms with Crippen LogP contribution in [-0.2, 0) is 9.59 Å². The highest BCUT2D eigenvalue weighted by Crippen LogP contribution is 2.31. The van der Waals surface area contributed by atoms with Gasteiger partial charge in [-0.1, -0.05) is 12.1 Å². The van der Waals surface area contributed by atoms with Gasteiger partial charge in [0, 0.05) is 19.0 Å². The third-order valence-corrected chi connectivity index (χ3v) is 4.76. The van der Waals surface area contributed by atoms with E-state index < -0.39 is 30.2 Å². The Morgan fingerprint density at radius 2 is 1.85 bits per heavy atom. The van der Waals surface area contributed by atoms with Crippen molar-refractivity contribution in [1.82, 2.24) is 9.80 Å². The number of alkyl halides is 3. The second-order valence-corrected chi connectivity index (χ2v) is 6.57. The molecular formula is C17H18F3N3O4. The third-order valence-electron chi connectivity index (χ3n) is 4.76. The number of halogens is 3. The molecule has 10 heteroatoms. The molecule has 2 atom stereocenters. The van der Waals surface area contributed by atoms with Gasteiger partial charge >= 0.3 is 12.4 Å². The molecule has 0 aliphatic carbocycles. The maximum atomic E-state index is 12.6. The number of urea groups is 1. The fourth-order valence-corrected chi connectivity index (χ4v) is 3.40. The number of likely N-dealkylation sites (tertiary alicyclic amines) is 2. The Bertz CT molecular complexity index is 751. The van der Waals surface area contributed by atoms with Crippen LogP contribution in [0.15, 0.2) is 24.3 Å². The molecule has 7 nitrogen and oxygen atoms in total. The number of carbonyl (C=O) groups excluding carboxylic acids is 3. The van der Waals surface area contributed by atoms with Crippen LogP contribution in [0.5, 0.6) is 5.75 Å². The number of benzene rings is 1. The zero-order chi connectivity index (χ0) is 19.8. The highest BCUT2D eigenvalue weighted by Gasteiger charge is 2.46. The first-order chi connectivity index (χ1) is 12.7. The summed E-state index contributed by atoms with van der Waals surface area (Å²) in [6.07, 6.45) is -3.41. The molecule has 4 amide bonds. The van der Waals surface area contributed by atoms with Crippen LogP contribution in [0.1, 0.15) is 30.7 Å². The van der Waals surface area contributed by atoms with Crippen LogP contribution < -0.4 is 10.5 Å². The Labute approximate surface area is 152 Å². The summed E-state index contributed by atoms with van der Waals surface area (Å²) < 4.78 is 40.6. The molecule has 2 fully saturated rings. The number of amides is 4. The molecular weight excluding hydrogens is 367 g/mol. The first-order valence-electron chi connectivity index (χ1n) is 8.41. The Balaban J connectivity index is 1.66. The van der Waals surface area contributed by atoms with Crippen LogP contribution in [0.25, 0.3) is 0 Å². The molecule has 3 rings (SSSR count). The van der Waals surface area contributed by atoms with Crippen molar-refractivity contribution in [2.75, 3.05) is 13.1 Å². The average molecular weight is 385 g/mol. The average Bonchev–Trinajstić information content (AvgIpc) is 2.58. The van der Waals surface area contributed by atoms with Crippen LogP contribution in [-0.4, -0.2) is 53.1 Å². The molecule has 1 unspecified atom stereocenters. The molecule has 146 valence electrons. The van der Waals surface area contributed by atoms with Gasteiger partial charge < -0.3 is 15.4 Å². The largest absolute Gasteiger partial charge is 0.573 e. The summed E-state index contributed by atoms with van der Waals surface area (Å²) in [6.45, 7) is 0.730. The van der Waals surface area contributed by atoms with E-state index in [0.29, 0.717) is 19.5 Å². The highest BCUT2D eigenvalue weighted by molar-refractivity contribution is 6.07. The molecule has 0 spiro atoms. The minimum absolute atomic E-state index is 0.0704. The van der Waals surface area contributed by atoms with E-state index in [1.165, 1.54) is 29.2 Å². The Hall–Kier alpha value is -2.78. The number of piperidine rings is 1. The van der Waals surface area contributed by atoms with Gasteiger partial charge in [-0.2, -0.15) is 0 Å². The number of carbonyl (C=O) groups is 3. The molecule has 0 saturated carbocycles. The molecule has 2 aliphatic rings. The summed E-state index contributed by atoms with van der Waals surface area (Å²) in [4.78, 5) is 37.9. The van der Waals surface area contributed by atoms with Crippen molar-refractivity contribution in [2.45, 2.75) is 37.6 Å². The van der Waals surface area contributed by atoms with Crippen LogP contribution in [0.2, 0.25) is 0 Å². The summed E-state index contributed by atoms with van der Waals surface area (Å²) >= 11 is 0. The maximum absolute atomic E-state index is 12.6. The number of primary amides is 1. The lowest BCUT2D eigenvalue weighted by Gasteiger charge is -2.42. The third kappa shape index (κ3) is 4.15. The Morgan fingerprint density at radius 1 is 1.19 bits per heavy atom. The molecule has 2 saturated heterocycles. The molecule has 2 aliphatic heterocycles. The van der Waals surface area contributed by atoms with Gasteiger partial charge in [-0.25, -0.2) is 4.79 Å². The molecule has 27 heavy (non-hydrogen) atoms. The SMILES string of the molecule is NC(=O)[C@@H]1CC(=O)N1C(=O)N1CCCC(c2ccc(OC(F)(F)F)cc2)C1. The number of nitrogens with zero attached hydrogens (tertiary/aromatic N) is 2. The van der Waals surface area contributed by atoms with E-state index in [4.69, 9.17) is 5.73 Å². The van der Waals surface area contributed by atoms with Gasteiger partial charge in [0.2, 0.25) is 11.8 Å². The van der Waals surface area contributed by atoms with Crippen LogP contribution in [0.4, 0.5) is 18.0 Å². The van der Waals surface area contributed by atoms with E-state index in [1.807, 2.05) is 0 Å². The van der Waals surface area contributed by atoms with Crippen molar-refractivity contribution in [3.05, 3.63) is 29.8 Å². The number of imide groups is 1. The topological polar surface area (TPSA) is 92.9 Å². The quantitative estimate of drug-likeness (QED) is 0.805. The summed E-state index contributed by atoms with van der Waals surface area (Å²) in [7, 11) is 0. The number of rotatable bonds is 3. The fourth-order valence-electron chi connectivity index (χ4n) is 3.40. The number of ether oxygens (including phenoxy) is 1. The van der Waals surface area contributed by atoms with E-state index in [2.05, 4.69) is 4.74 Å². The van der Waals surface area contributed by atoms with E-state index in [1.54, 1.807) is 0 Å². The first kappa shape index (κ1) is 19.0. The lowest BCUT2D eigenvalue weighted by molar-refractivity contribution is -0.274. The molecule has 2 heterocycles. The molecule has 1 aromatic carbocycles. The van der Waals surface area contributed by atoms with E-state index in [0.717, 1.165) is 16.9 Å². The lowest BCUT2D eigenvalue weighted by Crippen LogP contribution is -2.64. The predicted octanol–water partition coefficient (Wildman–Crippen LogP) is 1.97. The second kappa shape index (κ2) is 7.09. The summed E-state index contributed by atoms with van der Waals surface area (Å²) in [6, 6.07) is 4.04. The van der Waals surface area contributed by atoms with Gasteiger partial charge in [0.15, 0.2) is 0 Å². The number of nitrogens with two attached hydrogens (primary N) is 1. The van der Waals surface area contributed by atoms with Gasteiger partial charge in [-0.3, -0.25) is 14.5 Å². The molecule has 0 aromatic heterocycles. The van der Waals surface area contributed by atoms with Crippen LogP contribution in [0, 0.1) is 0 Å². The minimum atomic E-state index is -4.75. The normalized spacial score (nSPS) is 23.0. The smallest absolute Gasteiger partial charge is 0.406 e. The number of hydrogen-bond donors (Lipinski definition) is 1. The van der Waals surface area contributed by atoms with Gasteiger partial charge in [0.1, 0.15) is 11.8 Å².